The Balaban J connectivity index is 1.17. The SMILES string of the molecule is O=C(NC1=CCC=C(CN2CCOCC2)C=C1)c1n[nH]c2ccc(-c3cncc(N4CCCC4)c3)cc12. The molecule has 0 saturated carbocycles. The lowest BCUT2D eigenvalue weighted by atomic mass is 10.0. The van der Waals surface area contributed by atoms with Gasteiger partial charge >= 0.3 is 0 Å². The number of aromatic nitrogens is 3. The number of benzene rings is 1. The first-order valence-corrected chi connectivity index (χ1v) is 13.1. The van der Waals surface area contributed by atoms with Gasteiger partial charge in [-0.1, -0.05) is 24.3 Å². The molecule has 3 aliphatic rings. The lowest BCUT2D eigenvalue weighted by Crippen LogP contribution is -2.37. The monoisotopic (exact) mass is 496 g/mol. The summed E-state index contributed by atoms with van der Waals surface area (Å²) in [6.07, 6.45) is 15.3. The molecule has 8 heteroatoms. The predicted molar refractivity (Wildman–Crippen MR) is 145 cm³/mol. The molecule has 6 rings (SSSR count). The molecule has 37 heavy (non-hydrogen) atoms. The first-order chi connectivity index (χ1) is 18.2. The molecule has 8 nitrogen and oxygen atoms in total. The van der Waals surface area contributed by atoms with E-state index in [1.807, 2.05) is 42.7 Å². The third kappa shape index (κ3) is 5.35. The van der Waals surface area contributed by atoms with Crippen molar-refractivity contribution in [1.29, 1.82) is 0 Å². The van der Waals surface area contributed by atoms with Gasteiger partial charge in [-0.2, -0.15) is 5.10 Å². The number of ether oxygens (including phenoxy) is 1. The van der Waals surface area contributed by atoms with Gasteiger partial charge in [-0.05, 0) is 54.7 Å². The first kappa shape index (κ1) is 23.6. The number of aromatic amines is 1. The van der Waals surface area contributed by atoms with Gasteiger partial charge in [0.2, 0.25) is 0 Å². The lowest BCUT2D eigenvalue weighted by molar-refractivity contribution is 0.0426. The van der Waals surface area contributed by atoms with Crippen molar-refractivity contribution < 1.29 is 9.53 Å². The molecular formula is C29H32N6O2. The fourth-order valence-electron chi connectivity index (χ4n) is 5.19. The minimum atomic E-state index is -0.222. The average molecular weight is 497 g/mol. The first-order valence-electron chi connectivity index (χ1n) is 13.1. The van der Waals surface area contributed by atoms with Crippen LogP contribution in [0, 0.1) is 0 Å². The van der Waals surface area contributed by atoms with Gasteiger partial charge in [0.15, 0.2) is 5.69 Å². The van der Waals surface area contributed by atoms with Crippen molar-refractivity contribution in [2.24, 2.45) is 0 Å². The number of morpholine rings is 1. The van der Waals surface area contributed by atoms with Gasteiger partial charge in [0.05, 0.1) is 30.6 Å². The van der Waals surface area contributed by atoms with Crippen LogP contribution in [-0.4, -0.2) is 71.9 Å². The van der Waals surface area contributed by atoms with E-state index in [4.69, 9.17) is 4.74 Å². The minimum absolute atomic E-state index is 0.222. The van der Waals surface area contributed by atoms with Crippen LogP contribution in [0.2, 0.25) is 0 Å². The zero-order valence-corrected chi connectivity index (χ0v) is 20.9. The van der Waals surface area contributed by atoms with Crippen LogP contribution >= 0.6 is 0 Å². The van der Waals surface area contributed by atoms with E-state index < -0.39 is 0 Å². The van der Waals surface area contributed by atoms with Gasteiger partial charge in [0, 0.05) is 55.6 Å². The number of anilines is 1. The smallest absolute Gasteiger partial charge is 0.276 e. The summed E-state index contributed by atoms with van der Waals surface area (Å²) >= 11 is 0. The third-order valence-electron chi connectivity index (χ3n) is 7.27. The Morgan fingerprint density at radius 3 is 2.73 bits per heavy atom. The lowest BCUT2D eigenvalue weighted by Gasteiger charge is -2.26. The second-order valence-corrected chi connectivity index (χ2v) is 9.81. The molecule has 1 aliphatic carbocycles. The number of allylic oxidation sites excluding steroid dienone is 3. The van der Waals surface area contributed by atoms with Crippen LogP contribution in [0.4, 0.5) is 5.69 Å². The Bertz CT molecular complexity index is 1380. The van der Waals surface area contributed by atoms with Gasteiger partial charge in [0.25, 0.3) is 5.91 Å². The highest BCUT2D eigenvalue weighted by Crippen LogP contribution is 2.29. The van der Waals surface area contributed by atoms with Crippen molar-refractivity contribution in [3.05, 3.63) is 77.9 Å². The number of fused-ring (bicyclic) bond motifs is 1. The maximum absolute atomic E-state index is 13.2. The van der Waals surface area contributed by atoms with Crippen LogP contribution in [0.25, 0.3) is 22.0 Å². The highest BCUT2D eigenvalue weighted by Gasteiger charge is 2.18. The number of hydrogen-bond acceptors (Lipinski definition) is 6. The van der Waals surface area contributed by atoms with E-state index in [0.29, 0.717) is 5.69 Å². The summed E-state index contributed by atoms with van der Waals surface area (Å²) in [4.78, 5) is 22.5. The topological polar surface area (TPSA) is 86.4 Å². The standard InChI is InChI=1S/C29H32N6O2/c36-29(31-24-5-3-4-21(6-8-24)20-34-12-14-37-15-13-34)28-26-17-22(7-9-27(26)32-33-28)23-16-25(19-30-18-23)35-10-1-2-11-35/h4-9,16-19H,1-3,10-15,20H2,(H,31,36)(H,32,33). The zero-order valence-electron chi connectivity index (χ0n) is 20.9. The van der Waals surface area contributed by atoms with E-state index in [9.17, 15) is 4.79 Å². The number of nitrogens with zero attached hydrogens (tertiary/aromatic N) is 4. The number of nitrogens with one attached hydrogen (secondary N) is 2. The third-order valence-corrected chi connectivity index (χ3v) is 7.27. The molecular weight excluding hydrogens is 464 g/mol. The highest BCUT2D eigenvalue weighted by molar-refractivity contribution is 6.06. The van der Waals surface area contributed by atoms with Gasteiger partial charge in [-0.3, -0.25) is 19.8 Å². The Kier molecular flexibility index (Phi) is 6.84. The fourth-order valence-corrected chi connectivity index (χ4v) is 5.19. The molecule has 2 saturated heterocycles. The Labute approximate surface area is 216 Å². The van der Waals surface area contributed by atoms with E-state index in [0.717, 1.165) is 85.8 Å². The van der Waals surface area contributed by atoms with E-state index >= 15 is 0 Å². The van der Waals surface area contributed by atoms with Crippen LogP contribution in [0.15, 0.2) is 72.2 Å². The van der Waals surface area contributed by atoms with E-state index in [2.05, 4.69) is 48.5 Å². The van der Waals surface area contributed by atoms with Crippen molar-refractivity contribution in [2.45, 2.75) is 19.3 Å². The number of carbonyl (C=O) groups is 1. The van der Waals surface area contributed by atoms with Crippen LogP contribution in [0.3, 0.4) is 0 Å². The number of amides is 1. The summed E-state index contributed by atoms with van der Waals surface area (Å²) in [7, 11) is 0. The second-order valence-electron chi connectivity index (χ2n) is 9.81. The minimum Gasteiger partial charge on any atom is -0.379 e. The predicted octanol–water partition coefficient (Wildman–Crippen LogP) is 4.06. The Morgan fingerprint density at radius 2 is 1.86 bits per heavy atom. The molecule has 0 radical (unpaired) electrons. The van der Waals surface area contributed by atoms with Gasteiger partial charge in [-0.25, -0.2) is 0 Å². The molecule has 2 N–H and O–H groups in total. The van der Waals surface area contributed by atoms with Crippen molar-refractivity contribution in [2.75, 3.05) is 50.8 Å². The van der Waals surface area contributed by atoms with Crippen molar-refractivity contribution in [3.63, 3.8) is 0 Å². The zero-order chi connectivity index (χ0) is 25.0. The number of hydrogen-bond donors (Lipinski definition) is 2. The van der Waals surface area contributed by atoms with Crippen LogP contribution in [0.5, 0.6) is 0 Å². The fraction of sp³-hybridized carbons (Fsp3) is 0.345. The summed E-state index contributed by atoms with van der Waals surface area (Å²) in [5, 5.41) is 11.2. The Hall–Kier alpha value is -3.75. The molecule has 0 atom stereocenters. The number of pyridine rings is 1. The van der Waals surface area contributed by atoms with Gasteiger partial charge in [-0.15, -0.1) is 0 Å². The van der Waals surface area contributed by atoms with Crippen molar-refractivity contribution in [1.82, 2.24) is 25.4 Å². The van der Waals surface area contributed by atoms with Gasteiger partial charge in [0.1, 0.15) is 0 Å². The maximum atomic E-state index is 13.2. The molecule has 0 bridgehead atoms. The second kappa shape index (κ2) is 10.7. The summed E-state index contributed by atoms with van der Waals surface area (Å²) < 4.78 is 5.45. The molecule has 1 aromatic carbocycles. The summed E-state index contributed by atoms with van der Waals surface area (Å²) in [5.41, 5.74) is 6.45. The molecule has 190 valence electrons. The maximum Gasteiger partial charge on any atom is 0.276 e. The molecule has 1 amide bonds. The van der Waals surface area contributed by atoms with Crippen molar-refractivity contribution in [3.8, 4) is 11.1 Å². The molecule has 2 aliphatic heterocycles. The molecule has 2 fully saturated rings. The van der Waals surface area contributed by atoms with Crippen LogP contribution in [-0.2, 0) is 4.74 Å². The van der Waals surface area contributed by atoms with E-state index in [1.165, 1.54) is 18.4 Å². The summed E-state index contributed by atoms with van der Waals surface area (Å²) in [5.74, 6) is -0.222. The average Bonchev–Trinajstić information content (AvgIpc) is 3.57. The molecule has 0 spiro atoms. The number of rotatable bonds is 6. The Morgan fingerprint density at radius 1 is 1.00 bits per heavy atom. The molecule has 4 heterocycles. The number of carbonyl (C=O) groups excluding carboxylic acids is 1. The van der Waals surface area contributed by atoms with Crippen LogP contribution < -0.4 is 10.2 Å². The highest BCUT2D eigenvalue weighted by atomic mass is 16.5. The van der Waals surface area contributed by atoms with Gasteiger partial charge < -0.3 is 15.0 Å². The quantitative estimate of drug-likeness (QED) is 0.535. The van der Waals surface area contributed by atoms with E-state index in [1.54, 1.807) is 0 Å². The normalized spacial score (nSPS) is 18.5. The molecule has 0 unspecified atom stereocenters. The largest absolute Gasteiger partial charge is 0.379 e. The molecule has 3 aromatic rings. The summed E-state index contributed by atoms with van der Waals surface area (Å²) in [6.45, 7) is 6.53. The number of H-pyrrole nitrogens is 1. The van der Waals surface area contributed by atoms with E-state index in [-0.39, 0.29) is 5.91 Å². The molecule has 2 aromatic heterocycles. The van der Waals surface area contributed by atoms with Crippen LogP contribution in [0.1, 0.15) is 29.8 Å². The van der Waals surface area contributed by atoms with Crippen molar-refractivity contribution >= 4 is 22.5 Å². The summed E-state index contributed by atoms with van der Waals surface area (Å²) in [6, 6.07) is 8.23.